The van der Waals surface area contributed by atoms with E-state index in [1.165, 1.54) is 6.07 Å². The summed E-state index contributed by atoms with van der Waals surface area (Å²) >= 11 is 0. The predicted octanol–water partition coefficient (Wildman–Crippen LogP) is -0.513. The van der Waals surface area contributed by atoms with Crippen molar-refractivity contribution in [2.45, 2.75) is 37.1 Å². The van der Waals surface area contributed by atoms with E-state index in [9.17, 15) is 50.1 Å². The van der Waals surface area contributed by atoms with Crippen molar-refractivity contribution in [1.29, 1.82) is 0 Å². The van der Waals surface area contributed by atoms with Crippen LogP contribution in [0.1, 0.15) is 6.42 Å². The standard InChI is InChI=1S/C24H22O15/c25-7-14-18(33)22(38-16(32)6-15(30)31)20(35)24(37-14)39-23-19(34)17-12(29)4-9(26)5-13(17)36-21(23)8-1-2-10(27)11(28)3-8/h1-5,14,18,20,22,24-29,33,35H,6-7H2,(H,30,31)/t14-,18-,20-,22+,24+/m0/s1. The Labute approximate surface area is 216 Å². The maximum absolute atomic E-state index is 13.5. The maximum atomic E-state index is 13.5. The highest BCUT2D eigenvalue weighted by Crippen LogP contribution is 2.39. The van der Waals surface area contributed by atoms with Gasteiger partial charge in [-0.05, 0) is 18.2 Å². The number of carbonyl (C=O) groups is 2. The predicted molar refractivity (Wildman–Crippen MR) is 125 cm³/mol. The summed E-state index contributed by atoms with van der Waals surface area (Å²) in [4.78, 5) is 36.2. The fraction of sp³-hybridized carbons (Fsp3) is 0.292. The number of benzene rings is 2. The number of carboxylic acid groups (broad SMARTS) is 1. The number of esters is 1. The van der Waals surface area contributed by atoms with Crippen LogP contribution >= 0.6 is 0 Å². The van der Waals surface area contributed by atoms with Gasteiger partial charge in [0, 0.05) is 17.7 Å². The lowest BCUT2D eigenvalue weighted by molar-refractivity contribution is -0.281. The molecule has 2 heterocycles. The first-order chi connectivity index (χ1) is 18.4. The topological polar surface area (TPSA) is 254 Å². The molecule has 0 radical (unpaired) electrons. The van der Waals surface area contributed by atoms with Crippen LogP contribution in [0.5, 0.6) is 28.7 Å². The summed E-state index contributed by atoms with van der Waals surface area (Å²) in [5.41, 5.74) is -1.43. The molecule has 8 N–H and O–H groups in total. The summed E-state index contributed by atoms with van der Waals surface area (Å²) in [6.45, 7) is -0.883. The summed E-state index contributed by atoms with van der Waals surface area (Å²) in [6, 6.07) is 5.11. The Hall–Kier alpha value is -4.57. The lowest BCUT2D eigenvalue weighted by atomic mass is 9.99. The van der Waals surface area contributed by atoms with E-state index in [1.807, 2.05) is 0 Å². The van der Waals surface area contributed by atoms with Crippen molar-refractivity contribution in [3.63, 3.8) is 0 Å². The van der Waals surface area contributed by atoms with E-state index in [2.05, 4.69) is 0 Å². The zero-order valence-corrected chi connectivity index (χ0v) is 19.6. The third kappa shape index (κ3) is 5.37. The van der Waals surface area contributed by atoms with E-state index >= 15 is 0 Å². The van der Waals surface area contributed by atoms with Gasteiger partial charge >= 0.3 is 11.9 Å². The van der Waals surface area contributed by atoms with Crippen LogP contribution in [0.15, 0.2) is 39.5 Å². The SMILES string of the molecule is O=C(O)CC(=O)O[C@H]1[C@H](O)[C@@H](Oc2c(-c3ccc(O)c(O)c3)oc3cc(O)cc(O)c3c2=O)O[C@@H](CO)[C@@H]1O. The number of phenols is 4. The second-order valence-corrected chi connectivity index (χ2v) is 8.48. The molecule has 5 atom stereocenters. The number of rotatable bonds is 7. The molecule has 1 saturated heterocycles. The molecule has 0 saturated carbocycles. The largest absolute Gasteiger partial charge is 0.508 e. The Morgan fingerprint density at radius 3 is 2.31 bits per heavy atom. The summed E-state index contributed by atoms with van der Waals surface area (Å²) in [6.07, 6.45) is -10.4. The minimum absolute atomic E-state index is 0.0596. The van der Waals surface area contributed by atoms with E-state index in [1.54, 1.807) is 0 Å². The van der Waals surface area contributed by atoms with Crippen LogP contribution in [0, 0.1) is 0 Å². The van der Waals surface area contributed by atoms with Gasteiger partial charge in [-0.15, -0.1) is 0 Å². The number of aromatic hydroxyl groups is 4. The van der Waals surface area contributed by atoms with Crippen molar-refractivity contribution in [3.8, 4) is 40.1 Å². The lowest BCUT2D eigenvalue weighted by Crippen LogP contribution is -2.61. The highest BCUT2D eigenvalue weighted by molar-refractivity contribution is 5.90. The molecule has 4 rings (SSSR count). The van der Waals surface area contributed by atoms with Gasteiger partial charge in [0.2, 0.25) is 17.5 Å². The third-order valence-corrected chi connectivity index (χ3v) is 5.77. The molecule has 39 heavy (non-hydrogen) atoms. The van der Waals surface area contributed by atoms with Gasteiger partial charge in [-0.2, -0.15) is 0 Å². The molecule has 0 unspecified atom stereocenters. The van der Waals surface area contributed by atoms with E-state index < -0.39 is 101 Å². The molecule has 2 aromatic carbocycles. The van der Waals surface area contributed by atoms with Gasteiger partial charge in [-0.1, -0.05) is 0 Å². The van der Waals surface area contributed by atoms with Crippen LogP contribution in [-0.2, 0) is 19.1 Å². The molecular weight excluding hydrogens is 528 g/mol. The number of aliphatic hydroxyl groups is 3. The first kappa shape index (κ1) is 27.5. The molecule has 1 aliphatic heterocycles. The van der Waals surface area contributed by atoms with Crippen molar-refractivity contribution >= 4 is 22.9 Å². The van der Waals surface area contributed by atoms with Crippen LogP contribution in [0.3, 0.4) is 0 Å². The van der Waals surface area contributed by atoms with Gasteiger partial charge in [-0.3, -0.25) is 14.4 Å². The number of hydrogen-bond acceptors (Lipinski definition) is 14. The first-order valence-electron chi connectivity index (χ1n) is 11.2. The Balaban J connectivity index is 1.83. The minimum Gasteiger partial charge on any atom is -0.508 e. The normalized spacial score (nSPS) is 22.9. The third-order valence-electron chi connectivity index (χ3n) is 5.77. The zero-order valence-electron chi connectivity index (χ0n) is 19.6. The van der Waals surface area contributed by atoms with E-state index in [0.29, 0.717) is 0 Å². The van der Waals surface area contributed by atoms with Gasteiger partial charge in [0.15, 0.2) is 29.5 Å². The number of carbonyl (C=O) groups excluding carboxylic acids is 1. The molecule has 15 nitrogen and oxygen atoms in total. The van der Waals surface area contributed by atoms with Crippen molar-refractivity contribution < 1.29 is 69.1 Å². The summed E-state index contributed by atoms with van der Waals surface area (Å²) in [5, 5.41) is 78.9. The number of aliphatic carboxylic acids is 1. The molecule has 0 bridgehead atoms. The number of fused-ring (bicyclic) bond motifs is 1. The molecule has 15 heteroatoms. The second kappa shape index (κ2) is 10.7. The van der Waals surface area contributed by atoms with Crippen LogP contribution in [0.4, 0.5) is 0 Å². The smallest absolute Gasteiger partial charge is 0.317 e. The molecule has 0 aliphatic carbocycles. The van der Waals surface area contributed by atoms with Crippen molar-refractivity contribution in [2.24, 2.45) is 0 Å². The number of ether oxygens (including phenoxy) is 3. The Kier molecular flexibility index (Phi) is 7.51. The average Bonchev–Trinajstić information content (AvgIpc) is 2.85. The molecule has 1 fully saturated rings. The fourth-order valence-corrected chi connectivity index (χ4v) is 3.95. The van der Waals surface area contributed by atoms with Crippen molar-refractivity contribution in [1.82, 2.24) is 0 Å². The van der Waals surface area contributed by atoms with E-state index in [-0.39, 0.29) is 11.1 Å². The summed E-state index contributed by atoms with van der Waals surface area (Å²) in [5.74, 6) is -6.37. The highest BCUT2D eigenvalue weighted by Gasteiger charge is 2.48. The summed E-state index contributed by atoms with van der Waals surface area (Å²) < 4.78 is 21.5. The zero-order chi connectivity index (χ0) is 28.6. The monoisotopic (exact) mass is 550 g/mol. The maximum Gasteiger partial charge on any atom is 0.317 e. The van der Waals surface area contributed by atoms with Gasteiger partial charge < -0.3 is 59.5 Å². The number of carboxylic acids is 1. The molecule has 3 aromatic rings. The van der Waals surface area contributed by atoms with E-state index in [4.69, 9.17) is 23.7 Å². The summed E-state index contributed by atoms with van der Waals surface area (Å²) in [7, 11) is 0. The van der Waals surface area contributed by atoms with Gasteiger partial charge in [-0.25, -0.2) is 0 Å². The van der Waals surface area contributed by atoms with Crippen LogP contribution < -0.4 is 10.2 Å². The van der Waals surface area contributed by atoms with E-state index in [0.717, 1.165) is 24.3 Å². The van der Waals surface area contributed by atoms with Crippen LogP contribution in [0.2, 0.25) is 0 Å². The second-order valence-electron chi connectivity index (χ2n) is 8.48. The van der Waals surface area contributed by atoms with Gasteiger partial charge in [0.05, 0.1) is 6.61 Å². The van der Waals surface area contributed by atoms with Crippen LogP contribution in [-0.4, -0.2) is 90.1 Å². The number of phenolic OH excluding ortho intramolecular Hbond substituents is 4. The quantitative estimate of drug-likeness (QED) is 0.105. The molecule has 1 aliphatic rings. The molecule has 1 aromatic heterocycles. The molecule has 0 spiro atoms. The highest BCUT2D eigenvalue weighted by atomic mass is 16.7. The Morgan fingerprint density at radius 2 is 1.67 bits per heavy atom. The molecule has 0 amide bonds. The fourth-order valence-electron chi connectivity index (χ4n) is 3.95. The molecular formula is C24H22O15. The minimum atomic E-state index is -2.05. The molecule has 208 valence electrons. The Bertz CT molecular complexity index is 1480. The first-order valence-corrected chi connectivity index (χ1v) is 11.2. The Morgan fingerprint density at radius 1 is 0.949 bits per heavy atom. The average molecular weight is 550 g/mol. The number of hydrogen-bond donors (Lipinski definition) is 8. The van der Waals surface area contributed by atoms with Crippen molar-refractivity contribution in [3.05, 3.63) is 40.6 Å². The van der Waals surface area contributed by atoms with Crippen molar-refractivity contribution in [2.75, 3.05) is 6.61 Å². The lowest BCUT2D eigenvalue weighted by Gasteiger charge is -2.41. The van der Waals surface area contributed by atoms with Crippen LogP contribution in [0.25, 0.3) is 22.3 Å². The van der Waals surface area contributed by atoms with Gasteiger partial charge in [0.1, 0.15) is 41.1 Å². The van der Waals surface area contributed by atoms with Gasteiger partial charge in [0.25, 0.3) is 0 Å². The number of aliphatic hydroxyl groups excluding tert-OH is 3.